The molecular formula is C26H24Cl2N2O5. The normalized spacial score (nSPS) is 11.5. The maximum atomic E-state index is 14.0. The molecule has 0 aromatic heterocycles. The van der Waals surface area contributed by atoms with Crippen molar-refractivity contribution in [1.29, 1.82) is 5.26 Å². The van der Waals surface area contributed by atoms with E-state index in [2.05, 4.69) is 6.07 Å². The monoisotopic (exact) mass is 514 g/mol. The number of rotatable bonds is 9. The number of ether oxygens (including phenoxy) is 2. The molecule has 0 aliphatic carbocycles. The van der Waals surface area contributed by atoms with Crippen LogP contribution in [0.2, 0.25) is 10.0 Å². The minimum atomic E-state index is -0.616. The predicted octanol–water partition coefficient (Wildman–Crippen LogP) is 4.81. The predicted molar refractivity (Wildman–Crippen MR) is 134 cm³/mol. The van der Waals surface area contributed by atoms with Crippen LogP contribution in [0.3, 0.4) is 0 Å². The molecule has 0 bridgehead atoms. The molecule has 0 spiro atoms. The number of nitrogens with zero attached hydrogens (tertiary/aromatic N) is 2. The van der Waals surface area contributed by atoms with Gasteiger partial charge in [-0.15, -0.1) is 0 Å². The van der Waals surface area contributed by atoms with Gasteiger partial charge in [0.2, 0.25) is 0 Å². The van der Waals surface area contributed by atoms with Crippen LogP contribution in [-0.2, 0) is 9.53 Å². The van der Waals surface area contributed by atoms with Gasteiger partial charge in [0.25, 0.3) is 5.91 Å². The minimum absolute atomic E-state index is 0.0702. The molecule has 0 radical (unpaired) electrons. The molecule has 0 heterocycles. The van der Waals surface area contributed by atoms with E-state index in [1.54, 1.807) is 48.5 Å². The first-order chi connectivity index (χ1) is 16.8. The van der Waals surface area contributed by atoms with Crippen LogP contribution in [0.1, 0.15) is 33.8 Å². The lowest BCUT2D eigenvalue weighted by molar-refractivity contribution is -0.141. The third-order valence-electron chi connectivity index (χ3n) is 5.71. The molecule has 0 saturated carbocycles. The number of nitriles is 1. The molecular weight excluding hydrogens is 491 g/mol. The fraction of sp³-hybridized carbons (Fsp3) is 0.269. The van der Waals surface area contributed by atoms with Gasteiger partial charge in [-0.3, -0.25) is 9.59 Å². The summed E-state index contributed by atoms with van der Waals surface area (Å²) in [6.07, 6.45) is 0.305. The quantitative estimate of drug-likeness (QED) is 0.411. The van der Waals surface area contributed by atoms with Gasteiger partial charge in [0.05, 0.1) is 35.4 Å². The number of amides is 1. The van der Waals surface area contributed by atoms with Gasteiger partial charge in [-0.25, -0.2) is 0 Å². The highest BCUT2D eigenvalue weighted by Gasteiger charge is 2.29. The van der Waals surface area contributed by atoms with E-state index in [-0.39, 0.29) is 42.5 Å². The standard InChI is InChI=1S/C26H24Cl2N2O5/c1-34-23(32)15-30(14-18(9-10-31)16-7-8-21(27)22(28)12-16)26(33)24-20-6-4-3-5-17(20)11-19(13-29)25(24)35-2/h3-8,11-12,18,31H,9-10,14-15H2,1-2H3. The Balaban J connectivity index is 2.13. The molecule has 9 heteroatoms. The zero-order chi connectivity index (χ0) is 25.5. The van der Waals surface area contributed by atoms with Crippen molar-refractivity contribution in [3.05, 3.63) is 75.3 Å². The first kappa shape index (κ1) is 26.3. The second-order valence-corrected chi connectivity index (χ2v) is 8.62. The van der Waals surface area contributed by atoms with Crippen molar-refractivity contribution >= 4 is 45.9 Å². The lowest BCUT2D eigenvalue weighted by Crippen LogP contribution is -2.39. The Labute approximate surface area is 213 Å². The van der Waals surface area contributed by atoms with Crippen LogP contribution < -0.4 is 4.74 Å². The number of fused-ring (bicyclic) bond motifs is 1. The molecule has 3 aromatic carbocycles. The van der Waals surface area contributed by atoms with E-state index in [1.165, 1.54) is 19.1 Å². The number of methoxy groups -OCH3 is 2. The first-order valence-corrected chi connectivity index (χ1v) is 11.5. The molecule has 1 unspecified atom stereocenters. The van der Waals surface area contributed by atoms with Crippen molar-refractivity contribution in [2.75, 3.05) is 33.9 Å². The molecule has 0 fully saturated rings. The highest BCUT2D eigenvalue weighted by atomic mass is 35.5. The van der Waals surface area contributed by atoms with Crippen LogP contribution in [0.15, 0.2) is 48.5 Å². The fourth-order valence-electron chi connectivity index (χ4n) is 3.99. The SMILES string of the molecule is COC(=O)CN(CC(CCO)c1ccc(Cl)c(Cl)c1)C(=O)c1c(OC)c(C#N)cc2ccccc12. The molecule has 35 heavy (non-hydrogen) atoms. The third kappa shape index (κ3) is 5.85. The summed E-state index contributed by atoms with van der Waals surface area (Å²) in [5.74, 6) is -1.36. The lowest BCUT2D eigenvalue weighted by atomic mass is 9.94. The zero-order valence-corrected chi connectivity index (χ0v) is 20.8. The van der Waals surface area contributed by atoms with Crippen molar-refractivity contribution in [2.45, 2.75) is 12.3 Å². The van der Waals surface area contributed by atoms with Gasteiger partial charge in [-0.2, -0.15) is 5.26 Å². The molecule has 3 aromatic rings. The molecule has 1 amide bonds. The molecule has 0 aliphatic heterocycles. The maximum absolute atomic E-state index is 14.0. The summed E-state index contributed by atoms with van der Waals surface area (Å²) in [5, 5.41) is 21.4. The summed E-state index contributed by atoms with van der Waals surface area (Å²) in [7, 11) is 2.62. The Morgan fingerprint density at radius 1 is 1.11 bits per heavy atom. The Bertz CT molecular complexity index is 1290. The van der Waals surface area contributed by atoms with Crippen molar-refractivity contribution in [1.82, 2.24) is 4.90 Å². The van der Waals surface area contributed by atoms with Crippen LogP contribution in [0, 0.1) is 11.3 Å². The third-order valence-corrected chi connectivity index (χ3v) is 6.45. The maximum Gasteiger partial charge on any atom is 0.325 e. The number of esters is 1. The van der Waals surface area contributed by atoms with Gasteiger partial charge >= 0.3 is 5.97 Å². The van der Waals surface area contributed by atoms with E-state index in [1.807, 2.05) is 0 Å². The van der Waals surface area contributed by atoms with E-state index in [4.69, 9.17) is 32.7 Å². The van der Waals surface area contributed by atoms with Gasteiger partial charge in [-0.05, 0) is 41.0 Å². The molecule has 0 saturated heterocycles. The van der Waals surface area contributed by atoms with Crippen LogP contribution in [0.4, 0.5) is 0 Å². The van der Waals surface area contributed by atoms with Crippen molar-refractivity contribution in [3.8, 4) is 11.8 Å². The summed E-state index contributed by atoms with van der Waals surface area (Å²) in [6.45, 7) is -0.422. The fourth-order valence-corrected chi connectivity index (χ4v) is 4.29. The smallest absolute Gasteiger partial charge is 0.325 e. The van der Waals surface area contributed by atoms with E-state index in [0.717, 1.165) is 5.56 Å². The Hall–Kier alpha value is -3.31. The summed E-state index contributed by atoms with van der Waals surface area (Å²) < 4.78 is 10.3. The number of halogens is 2. The Kier molecular flexibility index (Phi) is 8.94. The van der Waals surface area contributed by atoms with Gasteiger partial charge < -0.3 is 19.5 Å². The second kappa shape index (κ2) is 11.9. The lowest BCUT2D eigenvalue weighted by Gasteiger charge is -2.28. The number of hydrogen-bond donors (Lipinski definition) is 1. The summed E-state index contributed by atoms with van der Waals surface area (Å²) in [6, 6.07) is 15.9. The molecule has 182 valence electrons. The molecule has 0 aliphatic rings. The molecule has 3 rings (SSSR count). The Morgan fingerprint density at radius 2 is 1.86 bits per heavy atom. The largest absolute Gasteiger partial charge is 0.495 e. The number of hydrogen-bond acceptors (Lipinski definition) is 6. The zero-order valence-electron chi connectivity index (χ0n) is 19.3. The molecule has 1 atom stereocenters. The van der Waals surface area contributed by atoms with Crippen molar-refractivity contribution in [2.24, 2.45) is 0 Å². The number of benzene rings is 3. The summed E-state index contributed by atoms with van der Waals surface area (Å²) >= 11 is 12.3. The molecule has 7 nitrogen and oxygen atoms in total. The van der Waals surface area contributed by atoms with E-state index in [9.17, 15) is 20.0 Å². The number of carbonyl (C=O) groups excluding carboxylic acids is 2. The van der Waals surface area contributed by atoms with E-state index in [0.29, 0.717) is 27.2 Å². The van der Waals surface area contributed by atoms with Gasteiger partial charge in [-0.1, -0.05) is 53.5 Å². The van der Waals surface area contributed by atoms with E-state index >= 15 is 0 Å². The van der Waals surface area contributed by atoms with Crippen LogP contribution in [0.25, 0.3) is 10.8 Å². The van der Waals surface area contributed by atoms with Crippen molar-refractivity contribution in [3.63, 3.8) is 0 Å². The van der Waals surface area contributed by atoms with E-state index < -0.39 is 11.9 Å². The minimum Gasteiger partial charge on any atom is -0.495 e. The average molecular weight is 515 g/mol. The highest BCUT2D eigenvalue weighted by Crippen LogP contribution is 2.34. The molecule has 1 N–H and O–H groups in total. The van der Waals surface area contributed by atoms with Gasteiger partial charge in [0.15, 0.2) is 0 Å². The van der Waals surface area contributed by atoms with Crippen LogP contribution in [0.5, 0.6) is 5.75 Å². The highest BCUT2D eigenvalue weighted by molar-refractivity contribution is 6.42. The van der Waals surface area contributed by atoms with Gasteiger partial charge in [0, 0.05) is 19.1 Å². The van der Waals surface area contributed by atoms with Crippen LogP contribution in [-0.4, -0.2) is 55.8 Å². The summed E-state index contributed by atoms with van der Waals surface area (Å²) in [5.41, 5.74) is 1.12. The van der Waals surface area contributed by atoms with Gasteiger partial charge in [0.1, 0.15) is 18.4 Å². The number of carbonyl (C=O) groups is 2. The number of aliphatic hydroxyl groups is 1. The first-order valence-electron chi connectivity index (χ1n) is 10.8. The Morgan fingerprint density at radius 3 is 2.49 bits per heavy atom. The van der Waals surface area contributed by atoms with Crippen molar-refractivity contribution < 1.29 is 24.2 Å². The topological polar surface area (TPSA) is 99.9 Å². The summed E-state index contributed by atoms with van der Waals surface area (Å²) in [4.78, 5) is 27.6. The number of aliphatic hydroxyl groups excluding tert-OH is 1. The second-order valence-electron chi connectivity index (χ2n) is 7.81. The van der Waals surface area contributed by atoms with Crippen LogP contribution >= 0.6 is 23.2 Å². The average Bonchev–Trinajstić information content (AvgIpc) is 2.87.